The average molecular weight is 270 g/mol. The Morgan fingerprint density at radius 2 is 2.05 bits per heavy atom. The van der Waals surface area contributed by atoms with E-state index in [0.29, 0.717) is 12.6 Å². The predicted molar refractivity (Wildman–Crippen MR) is 73.0 cm³/mol. The zero-order valence-corrected chi connectivity index (χ0v) is 12.0. The summed E-state index contributed by atoms with van der Waals surface area (Å²) in [4.78, 5) is 14.1. The molecule has 1 unspecified atom stereocenters. The molecule has 110 valence electrons. The van der Waals surface area contributed by atoms with Crippen LogP contribution in [0, 0.1) is 0 Å². The second kappa shape index (κ2) is 6.09. The first-order valence-corrected chi connectivity index (χ1v) is 7.33. The van der Waals surface area contributed by atoms with Gasteiger partial charge in [0.2, 0.25) is 0 Å². The fraction of sp³-hybridized carbons (Fsp3) is 0.929. The van der Waals surface area contributed by atoms with Crippen LogP contribution in [-0.2, 0) is 4.74 Å². The lowest BCUT2D eigenvalue weighted by atomic mass is 10.1. The molecular formula is C14H26N2O3. The van der Waals surface area contributed by atoms with Crippen molar-refractivity contribution in [3.63, 3.8) is 0 Å². The zero-order valence-electron chi connectivity index (χ0n) is 12.0. The third kappa shape index (κ3) is 4.99. The highest BCUT2D eigenvalue weighted by atomic mass is 16.5. The number of carbonyl (C=O) groups is 1. The highest BCUT2D eigenvalue weighted by Crippen LogP contribution is 2.28. The maximum absolute atomic E-state index is 12.3. The molecule has 0 bridgehead atoms. The molecule has 0 aromatic rings. The number of amides is 2. The second-order valence-corrected chi connectivity index (χ2v) is 6.36. The number of ether oxygens (including phenoxy) is 1. The van der Waals surface area contributed by atoms with E-state index < -0.39 is 5.60 Å². The number of carbonyl (C=O) groups excluding carboxylic acids is 1. The molecule has 1 atom stereocenters. The third-order valence-corrected chi connectivity index (χ3v) is 3.59. The zero-order chi connectivity index (χ0) is 13.9. The van der Waals surface area contributed by atoms with E-state index in [0.717, 1.165) is 45.3 Å². The summed E-state index contributed by atoms with van der Waals surface area (Å²) in [7, 11) is 0. The van der Waals surface area contributed by atoms with Gasteiger partial charge in [0.1, 0.15) is 0 Å². The van der Waals surface area contributed by atoms with Crippen molar-refractivity contribution in [2.75, 3.05) is 19.8 Å². The van der Waals surface area contributed by atoms with Crippen LogP contribution in [0.5, 0.6) is 0 Å². The Morgan fingerprint density at radius 1 is 1.32 bits per heavy atom. The van der Waals surface area contributed by atoms with Crippen LogP contribution >= 0.6 is 0 Å². The summed E-state index contributed by atoms with van der Waals surface area (Å²) in [5.41, 5.74) is -0.841. The van der Waals surface area contributed by atoms with E-state index in [2.05, 4.69) is 5.32 Å². The lowest BCUT2D eigenvalue weighted by Gasteiger charge is -2.30. The maximum Gasteiger partial charge on any atom is 0.317 e. The molecule has 0 spiro atoms. The third-order valence-electron chi connectivity index (χ3n) is 3.59. The van der Waals surface area contributed by atoms with Gasteiger partial charge in [0, 0.05) is 25.3 Å². The first kappa shape index (κ1) is 14.6. The molecule has 2 N–H and O–H groups in total. The number of nitrogens with one attached hydrogen (secondary N) is 1. The van der Waals surface area contributed by atoms with Gasteiger partial charge in [-0.05, 0) is 46.0 Å². The molecule has 5 nitrogen and oxygen atoms in total. The van der Waals surface area contributed by atoms with Gasteiger partial charge < -0.3 is 20.1 Å². The maximum atomic E-state index is 12.3. The molecule has 2 rings (SSSR count). The van der Waals surface area contributed by atoms with E-state index in [-0.39, 0.29) is 12.1 Å². The Kier molecular flexibility index (Phi) is 4.68. The van der Waals surface area contributed by atoms with Crippen LogP contribution in [0.1, 0.15) is 46.0 Å². The van der Waals surface area contributed by atoms with Gasteiger partial charge in [-0.2, -0.15) is 0 Å². The molecule has 2 fully saturated rings. The van der Waals surface area contributed by atoms with Crippen molar-refractivity contribution in [2.24, 2.45) is 0 Å². The minimum Gasteiger partial charge on any atom is -0.389 e. The smallest absolute Gasteiger partial charge is 0.317 e. The Morgan fingerprint density at radius 3 is 2.68 bits per heavy atom. The molecule has 1 saturated carbocycles. The van der Waals surface area contributed by atoms with E-state index in [1.165, 1.54) is 0 Å². The van der Waals surface area contributed by atoms with Crippen LogP contribution in [0.15, 0.2) is 0 Å². The molecule has 1 saturated heterocycles. The molecule has 0 radical (unpaired) electrons. The summed E-state index contributed by atoms with van der Waals surface area (Å²) in [5.74, 6) is 0. The number of urea groups is 1. The molecule has 2 amide bonds. The summed E-state index contributed by atoms with van der Waals surface area (Å²) in [5, 5.41) is 13.0. The van der Waals surface area contributed by atoms with Gasteiger partial charge in [-0.15, -0.1) is 0 Å². The van der Waals surface area contributed by atoms with Gasteiger partial charge in [0.15, 0.2) is 0 Å². The van der Waals surface area contributed by atoms with Crippen molar-refractivity contribution in [3.8, 4) is 0 Å². The summed E-state index contributed by atoms with van der Waals surface area (Å²) < 4.78 is 5.40. The fourth-order valence-electron chi connectivity index (χ4n) is 2.48. The fourth-order valence-corrected chi connectivity index (χ4v) is 2.48. The number of aliphatic hydroxyl groups is 1. The van der Waals surface area contributed by atoms with E-state index in [1.807, 2.05) is 0 Å². The summed E-state index contributed by atoms with van der Waals surface area (Å²) in [6, 6.07) is 0.489. The van der Waals surface area contributed by atoms with E-state index in [9.17, 15) is 9.90 Å². The molecule has 1 aliphatic heterocycles. The molecule has 1 aliphatic carbocycles. The van der Waals surface area contributed by atoms with Crippen LogP contribution in [0.3, 0.4) is 0 Å². The standard InChI is InChI=1S/C14H26N2O3/c1-14(2,18)10-16(12-5-6-12)13(17)15-11-4-3-8-19-9-7-11/h11-12,18H,3-10H2,1-2H3,(H,15,17). The molecule has 0 aromatic heterocycles. The number of hydrogen-bond acceptors (Lipinski definition) is 3. The van der Waals surface area contributed by atoms with Gasteiger partial charge in [-0.3, -0.25) is 0 Å². The van der Waals surface area contributed by atoms with Crippen molar-refractivity contribution in [3.05, 3.63) is 0 Å². The Bertz CT molecular complexity index is 302. The van der Waals surface area contributed by atoms with Crippen LogP contribution in [-0.4, -0.2) is 53.5 Å². The number of nitrogens with zero attached hydrogens (tertiary/aromatic N) is 1. The van der Waals surface area contributed by atoms with Gasteiger partial charge >= 0.3 is 6.03 Å². The van der Waals surface area contributed by atoms with Crippen molar-refractivity contribution < 1.29 is 14.6 Å². The molecule has 19 heavy (non-hydrogen) atoms. The number of rotatable bonds is 4. The van der Waals surface area contributed by atoms with Crippen LogP contribution < -0.4 is 5.32 Å². The summed E-state index contributed by atoms with van der Waals surface area (Å²) in [6.07, 6.45) is 4.97. The lowest BCUT2D eigenvalue weighted by Crippen LogP contribution is -2.50. The van der Waals surface area contributed by atoms with Crippen LogP contribution in [0.4, 0.5) is 4.79 Å². The van der Waals surface area contributed by atoms with Crippen molar-refractivity contribution in [2.45, 2.75) is 63.6 Å². The largest absolute Gasteiger partial charge is 0.389 e. The number of hydrogen-bond donors (Lipinski definition) is 2. The first-order chi connectivity index (χ1) is 8.96. The quantitative estimate of drug-likeness (QED) is 0.814. The lowest BCUT2D eigenvalue weighted by molar-refractivity contribution is 0.0439. The van der Waals surface area contributed by atoms with Gasteiger partial charge in [-0.25, -0.2) is 4.79 Å². The Hall–Kier alpha value is -0.810. The van der Waals surface area contributed by atoms with Crippen molar-refractivity contribution in [1.82, 2.24) is 10.2 Å². The Balaban J connectivity index is 1.87. The minimum atomic E-state index is -0.841. The van der Waals surface area contributed by atoms with Crippen molar-refractivity contribution >= 4 is 6.03 Å². The second-order valence-electron chi connectivity index (χ2n) is 6.36. The minimum absolute atomic E-state index is 0.0310. The molecule has 1 heterocycles. The highest BCUT2D eigenvalue weighted by Gasteiger charge is 2.36. The van der Waals surface area contributed by atoms with E-state index in [1.54, 1.807) is 18.7 Å². The summed E-state index contributed by atoms with van der Waals surface area (Å²) >= 11 is 0. The molecule has 2 aliphatic rings. The van der Waals surface area contributed by atoms with Gasteiger partial charge in [0.25, 0.3) is 0 Å². The van der Waals surface area contributed by atoms with Crippen LogP contribution in [0.25, 0.3) is 0 Å². The highest BCUT2D eigenvalue weighted by molar-refractivity contribution is 5.75. The van der Waals surface area contributed by atoms with Gasteiger partial charge in [-0.1, -0.05) is 0 Å². The SMILES string of the molecule is CC(C)(O)CN(C(=O)NC1CCCOCC1)C1CC1. The molecule has 0 aromatic carbocycles. The van der Waals surface area contributed by atoms with E-state index in [4.69, 9.17) is 4.74 Å². The average Bonchev–Trinajstić information content (AvgIpc) is 3.12. The normalized spacial score (nSPS) is 24.7. The monoisotopic (exact) mass is 270 g/mol. The first-order valence-electron chi connectivity index (χ1n) is 7.33. The van der Waals surface area contributed by atoms with Gasteiger partial charge in [0.05, 0.1) is 12.1 Å². The summed E-state index contributed by atoms with van der Waals surface area (Å²) in [6.45, 7) is 5.40. The van der Waals surface area contributed by atoms with Crippen molar-refractivity contribution in [1.29, 1.82) is 0 Å². The topological polar surface area (TPSA) is 61.8 Å². The van der Waals surface area contributed by atoms with Crippen LogP contribution in [0.2, 0.25) is 0 Å². The predicted octanol–water partition coefficient (Wildman–Crippen LogP) is 1.50. The van der Waals surface area contributed by atoms with E-state index >= 15 is 0 Å². The molecule has 5 heteroatoms. The Labute approximate surface area is 115 Å². The molecular weight excluding hydrogens is 244 g/mol.